The Bertz CT molecular complexity index is 752. The van der Waals surface area contributed by atoms with Crippen molar-refractivity contribution >= 4 is 21.9 Å². The van der Waals surface area contributed by atoms with Gasteiger partial charge in [-0.2, -0.15) is 5.10 Å². The first-order valence-electron chi connectivity index (χ1n) is 8.48. The van der Waals surface area contributed by atoms with E-state index in [1.54, 1.807) is 0 Å². The van der Waals surface area contributed by atoms with Gasteiger partial charge in [0.2, 0.25) is 0 Å². The highest BCUT2D eigenvalue weighted by molar-refractivity contribution is 9.08. The lowest BCUT2D eigenvalue weighted by molar-refractivity contribution is -0.149. The number of rotatable bonds is 5. The topological polar surface area (TPSA) is 44.1 Å². The predicted octanol–water partition coefficient (Wildman–Crippen LogP) is 4.30. The van der Waals surface area contributed by atoms with Crippen molar-refractivity contribution in [1.29, 1.82) is 0 Å². The Morgan fingerprint density at radius 2 is 2.12 bits per heavy atom. The molecule has 0 N–H and O–H groups in total. The minimum absolute atomic E-state index is 0.130. The molecule has 1 aromatic heterocycles. The first-order chi connectivity index (χ1) is 11.6. The number of ether oxygens (including phenoxy) is 1. The summed E-state index contributed by atoms with van der Waals surface area (Å²) in [6, 6.07) is 6.21. The number of aryl methyl sites for hydroxylation is 1. The fourth-order valence-electron chi connectivity index (χ4n) is 3.44. The number of nitrogens with zero attached hydrogens (tertiary/aromatic N) is 2. The molecule has 1 heterocycles. The van der Waals surface area contributed by atoms with E-state index in [9.17, 15) is 4.79 Å². The van der Waals surface area contributed by atoms with Crippen molar-refractivity contribution < 1.29 is 9.53 Å². The molecule has 1 aliphatic carbocycles. The Balaban J connectivity index is 2.03. The van der Waals surface area contributed by atoms with Crippen LogP contribution in [0.4, 0.5) is 0 Å². The molecule has 0 radical (unpaired) electrons. The van der Waals surface area contributed by atoms with E-state index in [0.29, 0.717) is 6.61 Å². The molecule has 0 fully saturated rings. The van der Waals surface area contributed by atoms with Crippen molar-refractivity contribution in [3.63, 3.8) is 0 Å². The summed E-state index contributed by atoms with van der Waals surface area (Å²) in [5.41, 5.74) is 6.17. The summed E-state index contributed by atoms with van der Waals surface area (Å²) in [5.74, 6) is -0.0657. The molecule has 0 spiro atoms. The minimum atomic E-state index is -0.364. The summed E-state index contributed by atoms with van der Waals surface area (Å²) in [4.78, 5) is 12.4. The molecule has 0 saturated heterocycles. The van der Waals surface area contributed by atoms with E-state index in [2.05, 4.69) is 39.2 Å². The molecule has 1 aliphatic rings. The van der Waals surface area contributed by atoms with Gasteiger partial charge in [-0.25, -0.2) is 4.79 Å². The maximum atomic E-state index is 12.4. The van der Waals surface area contributed by atoms with Crippen LogP contribution in [0.2, 0.25) is 0 Å². The predicted molar refractivity (Wildman–Crippen MR) is 98.2 cm³/mol. The summed E-state index contributed by atoms with van der Waals surface area (Å²) in [6.45, 7) is 6.30. The van der Waals surface area contributed by atoms with Gasteiger partial charge in [0, 0.05) is 16.6 Å². The third-order valence-electron chi connectivity index (χ3n) is 4.57. The van der Waals surface area contributed by atoms with Gasteiger partial charge in [0.1, 0.15) is 0 Å². The van der Waals surface area contributed by atoms with Gasteiger partial charge < -0.3 is 4.74 Å². The zero-order valence-electron chi connectivity index (χ0n) is 14.4. The Morgan fingerprint density at radius 3 is 2.79 bits per heavy atom. The number of fused-ring (bicyclic) bond motifs is 3. The van der Waals surface area contributed by atoms with E-state index in [1.165, 1.54) is 16.7 Å². The minimum Gasteiger partial charge on any atom is -0.464 e. The highest BCUT2D eigenvalue weighted by Crippen LogP contribution is 2.36. The molecule has 0 aliphatic heterocycles. The van der Waals surface area contributed by atoms with Crippen LogP contribution in [0.3, 0.4) is 0 Å². The van der Waals surface area contributed by atoms with Crippen LogP contribution in [-0.2, 0) is 27.7 Å². The van der Waals surface area contributed by atoms with E-state index >= 15 is 0 Å². The standard InChI is InChI=1S/C19H23BrN2O2/c1-4-24-19(23)18(12(2)3)22-17-8-6-14-9-13(10-20)5-7-15(14)16(17)11-21-22/h5,7,9,11-12,18H,4,6,8,10H2,1-3H3. The van der Waals surface area contributed by atoms with Gasteiger partial charge in [0.25, 0.3) is 0 Å². The van der Waals surface area contributed by atoms with Crippen molar-refractivity contribution in [2.45, 2.75) is 45.0 Å². The first-order valence-corrected chi connectivity index (χ1v) is 9.60. The van der Waals surface area contributed by atoms with E-state index in [0.717, 1.165) is 29.4 Å². The summed E-state index contributed by atoms with van der Waals surface area (Å²) in [7, 11) is 0. The molecule has 1 atom stereocenters. The largest absolute Gasteiger partial charge is 0.464 e. The first kappa shape index (κ1) is 17.2. The molecule has 2 aromatic rings. The number of hydrogen-bond acceptors (Lipinski definition) is 3. The van der Waals surface area contributed by atoms with Gasteiger partial charge in [-0.1, -0.05) is 48.0 Å². The van der Waals surface area contributed by atoms with Crippen LogP contribution in [0, 0.1) is 5.92 Å². The van der Waals surface area contributed by atoms with Crippen LogP contribution >= 0.6 is 15.9 Å². The van der Waals surface area contributed by atoms with Crippen LogP contribution < -0.4 is 0 Å². The molecular formula is C19H23BrN2O2. The molecule has 0 bridgehead atoms. The second-order valence-corrected chi connectivity index (χ2v) is 7.08. The summed E-state index contributed by atoms with van der Waals surface area (Å²) in [6.07, 6.45) is 3.77. The Morgan fingerprint density at radius 1 is 1.33 bits per heavy atom. The summed E-state index contributed by atoms with van der Waals surface area (Å²) in [5, 5.41) is 5.44. The molecule has 5 heteroatoms. The number of esters is 1. The van der Waals surface area contributed by atoms with Gasteiger partial charge in [-0.05, 0) is 42.4 Å². The summed E-state index contributed by atoms with van der Waals surface area (Å²) < 4.78 is 7.16. The van der Waals surface area contributed by atoms with Gasteiger partial charge in [-0.15, -0.1) is 0 Å². The Labute approximate surface area is 151 Å². The van der Waals surface area contributed by atoms with Crippen LogP contribution in [-0.4, -0.2) is 22.4 Å². The van der Waals surface area contributed by atoms with Crippen LogP contribution in [0.1, 0.15) is 43.6 Å². The van der Waals surface area contributed by atoms with Gasteiger partial charge in [-0.3, -0.25) is 4.68 Å². The number of benzene rings is 1. The van der Waals surface area contributed by atoms with Crippen molar-refractivity contribution in [3.05, 3.63) is 41.2 Å². The highest BCUT2D eigenvalue weighted by atomic mass is 79.9. The van der Waals surface area contributed by atoms with Crippen molar-refractivity contribution in [1.82, 2.24) is 9.78 Å². The van der Waals surface area contributed by atoms with Crippen molar-refractivity contribution in [2.75, 3.05) is 6.61 Å². The quantitative estimate of drug-likeness (QED) is 0.564. The molecule has 4 nitrogen and oxygen atoms in total. The van der Waals surface area contributed by atoms with Crippen molar-refractivity contribution in [3.8, 4) is 11.1 Å². The van der Waals surface area contributed by atoms with Crippen LogP contribution in [0.15, 0.2) is 24.4 Å². The smallest absolute Gasteiger partial charge is 0.331 e. The lowest BCUT2D eigenvalue weighted by atomic mass is 9.88. The maximum absolute atomic E-state index is 12.4. The number of alkyl halides is 1. The van der Waals surface area contributed by atoms with E-state index in [1.807, 2.05) is 31.6 Å². The maximum Gasteiger partial charge on any atom is 0.331 e. The number of carbonyl (C=O) groups excluding carboxylic acids is 1. The number of halogens is 1. The van der Waals surface area contributed by atoms with E-state index < -0.39 is 0 Å². The second kappa shape index (κ2) is 7.09. The Hall–Kier alpha value is -1.62. The van der Waals surface area contributed by atoms with E-state index in [-0.39, 0.29) is 17.9 Å². The molecule has 0 amide bonds. The molecule has 1 aromatic carbocycles. The molecule has 3 rings (SSSR count). The number of carbonyl (C=O) groups is 1. The molecule has 128 valence electrons. The van der Waals surface area contributed by atoms with Crippen LogP contribution in [0.5, 0.6) is 0 Å². The third kappa shape index (κ3) is 3.02. The van der Waals surface area contributed by atoms with Gasteiger partial charge in [0.05, 0.1) is 12.8 Å². The fourth-order valence-corrected chi connectivity index (χ4v) is 3.79. The average Bonchev–Trinajstić information content (AvgIpc) is 2.98. The van der Waals surface area contributed by atoms with Gasteiger partial charge in [0.15, 0.2) is 6.04 Å². The lowest BCUT2D eigenvalue weighted by Crippen LogP contribution is -2.29. The Kier molecular flexibility index (Phi) is 5.09. The zero-order valence-corrected chi connectivity index (χ0v) is 16.0. The second-order valence-electron chi connectivity index (χ2n) is 6.52. The lowest BCUT2D eigenvalue weighted by Gasteiger charge is -2.24. The highest BCUT2D eigenvalue weighted by Gasteiger charge is 2.31. The summed E-state index contributed by atoms with van der Waals surface area (Å²) >= 11 is 3.52. The molecule has 0 saturated carbocycles. The van der Waals surface area contributed by atoms with E-state index in [4.69, 9.17) is 4.74 Å². The zero-order chi connectivity index (χ0) is 17.3. The molecule has 24 heavy (non-hydrogen) atoms. The average molecular weight is 391 g/mol. The fraction of sp³-hybridized carbons (Fsp3) is 0.474. The van der Waals surface area contributed by atoms with Crippen molar-refractivity contribution in [2.24, 2.45) is 5.92 Å². The van der Waals surface area contributed by atoms with Gasteiger partial charge >= 0.3 is 5.97 Å². The molecular weight excluding hydrogens is 368 g/mol. The number of hydrogen-bond donors (Lipinski definition) is 0. The third-order valence-corrected chi connectivity index (χ3v) is 5.21. The number of aromatic nitrogens is 2. The normalized spacial score (nSPS) is 14.2. The SMILES string of the molecule is CCOC(=O)C(C(C)C)n1ncc2c1CCc1cc(CBr)ccc1-2. The van der Waals surface area contributed by atoms with Crippen LogP contribution in [0.25, 0.3) is 11.1 Å². The molecule has 1 unspecified atom stereocenters. The monoisotopic (exact) mass is 390 g/mol.